The van der Waals surface area contributed by atoms with Gasteiger partial charge in [-0.05, 0) is 0 Å². The van der Waals surface area contributed by atoms with Crippen molar-refractivity contribution in [1.82, 2.24) is 0 Å². The van der Waals surface area contributed by atoms with Gasteiger partial charge in [0.1, 0.15) is 0 Å². The van der Waals surface area contributed by atoms with Crippen LogP contribution in [0.1, 0.15) is 0 Å². The topological polar surface area (TPSA) is 40.5 Å². The fourth-order valence-corrected chi connectivity index (χ4v) is 0. The molecule has 25 valence electrons. The Balaban J connectivity index is -0.00000000500. The molecule has 0 fully saturated rings. The van der Waals surface area contributed by atoms with Gasteiger partial charge in [0.05, 0.1) is 0 Å². The molecular weight excluding hydrogens is 156 g/mol. The third kappa shape index (κ3) is 11.6. The van der Waals surface area contributed by atoms with Crippen LogP contribution in [0.4, 0.5) is 0 Å². The molecule has 1 radical (unpaired) electrons. The van der Waals surface area contributed by atoms with Crippen molar-refractivity contribution in [1.29, 1.82) is 0 Å². The van der Waals surface area contributed by atoms with E-state index in [2.05, 4.69) is 0 Å². The molecule has 0 aliphatic heterocycles. The van der Waals surface area contributed by atoms with E-state index in [0.717, 1.165) is 0 Å². The summed E-state index contributed by atoms with van der Waals surface area (Å²) in [5.74, 6) is 0. The number of rotatable bonds is 0. The zero-order valence-electron chi connectivity index (χ0n) is 1.93. The minimum atomic E-state index is 0. The van der Waals surface area contributed by atoms with E-state index in [4.69, 9.17) is 10.5 Å². The van der Waals surface area contributed by atoms with Crippen molar-refractivity contribution in [2.45, 2.75) is 0 Å². The summed E-state index contributed by atoms with van der Waals surface area (Å²) in [7, 11) is 0. The summed E-state index contributed by atoms with van der Waals surface area (Å²) >= 11 is 0. The van der Waals surface area contributed by atoms with Crippen molar-refractivity contribution >= 4 is 0 Å². The largest absolute Gasteiger partial charge is 0.255 e. The van der Waals surface area contributed by atoms with E-state index in [9.17, 15) is 0 Å². The van der Waals surface area contributed by atoms with Crippen LogP contribution >= 0.6 is 0 Å². The van der Waals surface area contributed by atoms with Crippen LogP contribution in [0.15, 0.2) is 0 Å². The minimum absolute atomic E-state index is 0. The van der Waals surface area contributed by atoms with Gasteiger partial charge in [-0.15, -0.1) is 0 Å². The van der Waals surface area contributed by atoms with E-state index in [1.54, 1.807) is 0 Å². The Kier molecular flexibility index (Phi) is 168. The third-order valence-corrected chi connectivity index (χ3v) is 0. The average molecular weight is 158 g/mol. The van der Waals surface area contributed by atoms with Crippen LogP contribution in [0.3, 0.4) is 0 Å². The van der Waals surface area contributed by atoms with E-state index in [1.165, 1.54) is 0 Å². The summed E-state index contributed by atoms with van der Waals surface area (Å²) < 4.78 is 0. The molecule has 0 rings (SSSR count). The molecule has 0 aromatic heterocycles. The van der Waals surface area contributed by atoms with Crippen molar-refractivity contribution in [3.05, 3.63) is 0 Å². The van der Waals surface area contributed by atoms with Crippen LogP contribution in [0.5, 0.6) is 0 Å². The Morgan fingerprint density at radius 3 is 1.00 bits per heavy atom. The van der Waals surface area contributed by atoms with Gasteiger partial charge in [0.2, 0.25) is 0 Å². The average Bonchev–Trinajstić information content (AvgIpc) is 1.00. The van der Waals surface area contributed by atoms with E-state index < -0.39 is 0 Å². The molecule has 0 atom stereocenters. The Hall–Kier alpha value is 1.05. The van der Waals surface area contributed by atoms with Gasteiger partial charge in [0, 0.05) is 36.3 Å². The summed E-state index contributed by atoms with van der Waals surface area (Å²) in [6.07, 6.45) is 0. The molecule has 0 aliphatic carbocycles. The summed E-state index contributed by atoms with van der Waals surface area (Å²) in [5, 5.41) is 12.0. The van der Waals surface area contributed by atoms with Gasteiger partial charge in [0.25, 0.3) is 0 Å². The fraction of sp³-hybridized carbons (Fsp3) is 0. The van der Waals surface area contributed by atoms with Crippen LogP contribution in [0.25, 0.3) is 0 Å². The predicted octanol–water partition coefficient (Wildman–Crippen LogP) is 0.0124. The van der Waals surface area contributed by atoms with Crippen LogP contribution in [0.2, 0.25) is 0 Å². The Labute approximate surface area is 47.1 Å². The predicted molar refractivity (Wildman–Crippen MR) is 5.26 cm³/mol. The van der Waals surface area contributed by atoms with Crippen LogP contribution in [-0.4, -0.2) is 10.5 Å². The van der Waals surface area contributed by atoms with Crippen molar-refractivity contribution in [2.24, 2.45) is 0 Å². The second-order valence-electron chi connectivity index (χ2n) is 0. The summed E-state index contributed by atoms with van der Waals surface area (Å²) in [6, 6.07) is 0. The zero-order valence-corrected chi connectivity index (χ0v) is 5.94. The molecule has 0 saturated heterocycles. The Bertz CT molecular complexity index is 6.00. The standard InChI is InChI=1S/Co.H2O2.Zn/c;1-2;/h;1-2H;. The van der Waals surface area contributed by atoms with Crippen molar-refractivity contribution in [2.75, 3.05) is 0 Å². The Morgan fingerprint density at radius 1 is 1.00 bits per heavy atom. The minimum Gasteiger partial charge on any atom is -0.255 e. The second kappa shape index (κ2) is 34.2. The maximum atomic E-state index is 6.00. The molecule has 0 aromatic rings. The van der Waals surface area contributed by atoms with Crippen molar-refractivity contribution < 1.29 is 46.8 Å². The molecule has 0 aromatic carbocycles. The molecular formula is H2CoO2Zn. The summed E-state index contributed by atoms with van der Waals surface area (Å²) in [4.78, 5) is 0. The monoisotopic (exact) mass is 157 g/mol. The third-order valence-electron chi connectivity index (χ3n) is 0. The quantitative estimate of drug-likeness (QED) is 0.296. The Morgan fingerprint density at radius 2 is 1.00 bits per heavy atom. The molecule has 0 spiro atoms. The van der Waals surface area contributed by atoms with Gasteiger partial charge >= 0.3 is 0 Å². The van der Waals surface area contributed by atoms with Crippen LogP contribution in [-0.2, 0) is 36.3 Å². The number of hydrogen-bond acceptors (Lipinski definition) is 2. The van der Waals surface area contributed by atoms with Gasteiger partial charge in [-0.25, -0.2) is 0 Å². The molecule has 0 unspecified atom stereocenters. The molecule has 0 bridgehead atoms. The van der Waals surface area contributed by atoms with Gasteiger partial charge in [-0.2, -0.15) is 0 Å². The molecule has 0 heterocycles. The first-order valence-electron chi connectivity index (χ1n) is 0.200. The van der Waals surface area contributed by atoms with Gasteiger partial charge in [0.15, 0.2) is 0 Å². The summed E-state index contributed by atoms with van der Waals surface area (Å²) in [6.45, 7) is 0. The van der Waals surface area contributed by atoms with E-state index in [0.29, 0.717) is 0 Å². The second-order valence-corrected chi connectivity index (χ2v) is 0. The van der Waals surface area contributed by atoms with Crippen molar-refractivity contribution in [3.8, 4) is 0 Å². The number of hydrogen-bond donors (Lipinski definition) is 2. The molecule has 2 nitrogen and oxygen atoms in total. The molecule has 0 saturated carbocycles. The smallest absolute Gasteiger partial charge is 0 e. The van der Waals surface area contributed by atoms with Gasteiger partial charge < -0.3 is 0 Å². The maximum Gasteiger partial charge on any atom is 0 e. The molecule has 0 amide bonds. The van der Waals surface area contributed by atoms with Crippen molar-refractivity contribution in [3.63, 3.8) is 0 Å². The van der Waals surface area contributed by atoms with E-state index in [1.807, 2.05) is 0 Å². The zero-order chi connectivity index (χ0) is 2.00. The van der Waals surface area contributed by atoms with Crippen LogP contribution in [0, 0.1) is 0 Å². The molecule has 2 N–H and O–H groups in total. The maximum absolute atomic E-state index is 6.00. The normalized spacial score (nSPS) is 1.50. The van der Waals surface area contributed by atoms with Gasteiger partial charge in [-0.3, -0.25) is 10.5 Å². The van der Waals surface area contributed by atoms with E-state index in [-0.39, 0.29) is 36.3 Å². The molecule has 0 aliphatic rings. The molecule has 4 heteroatoms. The first-order chi connectivity index (χ1) is 1.00. The first kappa shape index (κ1) is 19.7. The van der Waals surface area contributed by atoms with E-state index >= 15 is 0 Å². The van der Waals surface area contributed by atoms with Crippen LogP contribution < -0.4 is 0 Å². The summed E-state index contributed by atoms with van der Waals surface area (Å²) in [5.41, 5.74) is 0. The molecule has 4 heavy (non-hydrogen) atoms. The van der Waals surface area contributed by atoms with Gasteiger partial charge in [-0.1, -0.05) is 0 Å². The SMILES string of the molecule is OO.[Co].[Zn]. The first-order valence-corrected chi connectivity index (χ1v) is 0.200. The fourth-order valence-electron chi connectivity index (χ4n) is 0.